The quantitative estimate of drug-likeness (QED) is 0.756. The highest BCUT2D eigenvalue weighted by Gasteiger charge is 2.59. The molecule has 0 bridgehead atoms. The molecule has 1 aliphatic carbocycles. The van der Waals surface area contributed by atoms with Crippen LogP contribution in [0.3, 0.4) is 0 Å². The Morgan fingerprint density at radius 1 is 0.960 bits per heavy atom. The van der Waals surface area contributed by atoms with Crippen LogP contribution in [-0.4, -0.2) is 18.6 Å². The van der Waals surface area contributed by atoms with E-state index in [0.29, 0.717) is 24.8 Å². The lowest BCUT2D eigenvalue weighted by molar-refractivity contribution is -0.230. The smallest absolute Gasteiger partial charge is 0.355 e. The van der Waals surface area contributed by atoms with Crippen molar-refractivity contribution in [2.24, 2.45) is 5.41 Å². The first kappa shape index (κ1) is 19.6. The Balaban J connectivity index is 1.95. The molecule has 1 aromatic rings. The Hall–Kier alpha value is -1.73. The van der Waals surface area contributed by atoms with Crippen molar-refractivity contribution in [1.82, 2.24) is 5.32 Å². The second kappa shape index (κ2) is 7.25. The molecule has 0 aromatic heterocycles. The van der Waals surface area contributed by atoms with Crippen molar-refractivity contribution in [2.75, 3.05) is 6.54 Å². The maximum absolute atomic E-state index is 13.4. The van der Waals surface area contributed by atoms with Crippen molar-refractivity contribution < 1.29 is 31.1 Å². The van der Waals surface area contributed by atoms with Gasteiger partial charge < -0.3 is 5.32 Å². The van der Waals surface area contributed by atoms with E-state index in [-0.39, 0.29) is 25.8 Å². The van der Waals surface area contributed by atoms with Gasteiger partial charge in [0.05, 0.1) is 5.56 Å². The molecule has 25 heavy (non-hydrogen) atoms. The lowest BCUT2D eigenvalue weighted by atomic mass is 9.72. The zero-order valence-electron chi connectivity index (χ0n) is 13.4. The third-order valence-corrected chi connectivity index (χ3v) is 4.66. The summed E-state index contributed by atoms with van der Waals surface area (Å²) < 4.78 is 77.6. The van der Waals surface area contributed by atoms with E-state index in [2.05, 4.69) is 5.32 Å². The number of carbonyl (C=O) groups is 1. The van der Waals surface area contributed by atoms with E-state index in [1.165, 1.54) is 12.1 Å². The van der Waals surface area contributed by atoms with Gasteiger partial charge in [-0.2, -0.15) is 26.3 Å². The van der Waals surface area contributed by atoms with Crippen LogP contribution < -0.4 is 5.32 Å². The van der Waals surface area contributed by atoms with Crippen LogP contribution in [-0.2, 0) is 17.4 Å². The first-order valence-electron chi connectivity index (χ1n) is 8.07. The van der Waals surface area contributed by atoms with Crippen LogP contribution in [0.1, 0.15) is 43.2 Å². The predicted octanol–water partition coefficient (Wildman–Crippen LogP) is 4.88. The summed E-state index contributed by atoms with van der Waals surface area (Å²) in [7, 11) is 0. The van der Waals surface area contributed by atoms with Gasteiger partial charge in [-0.25, -0.2) is 0 Å². The summed E-state index contributed by atoms with van der Waals surface area (Å²) in [6.45, 7) is -0.0535. The molecular formula is C17H19F6NO. The van der Waals surface area contributed by atoms with Crippen molar-refractivity contribution >= 4 is 5.91 Å². The minimum absolute atomic E-state index is 0.0535. The third-order valence-electron chi connectivity index (χ3n) is 4.66. The molecule has 140 valence electrons. The molecular weight excluding hydrogens is 348 g/mol. The average molecular weight is 367 g/mol. The van der Waals surface area contributed by atoms with Crippen molar-refractivity contribution in [3.05, 3.63) is 35.4 Å². The molecule has 1 amide bonds. The van der Waals surface area contributed by atoms with Gasteiger partial charge in [-0.3, -0.25) is 4.79 Å². The molecule has 2 rings (SSSR count). The normalized spacial score (nSPS) is 18.0. The highest BCUT2D eigenvalue weighted by Crippen LogP contribution is 2.49. The highest BCUT2D eigenvalue weighted by atomic mass is 19.4. The number of halogens is 6. The van der Waals surface area contributed by atoms with Gasteiger partial charge in [0.2, 0.25) is 5.91 Å². The fourth-order valence-electron chi connectivity index (χ4n) is 3.14. The fourth-order valence-corrected chi connectivity index (χ4v) is 3.14. The lowest BCUT2D eigenvalue weighted by Crippen LogP contribution is -2.52. The van der Waals surface area contributed by atoms with Gasteiger partial charge in [-0.05, 0) is 37.0 Å². The minimum Gasteiger partial charge on any atom is -0.355 e. The number of rotatable bonds is 4. The Bertz CT molecular complexity index is 585. The molecule has 1 fully saturated rings. The number of nitrogens with one attached hydrogen (secondary N) is 1. The van der Waals surface area contributed by atoms with Gasteiger partial charge in [0.1, 0.15) is 5.41 Å². The molecule has 1 aliphatic rings. The Labute approximate surface area is 141 Å². The number of amides is 1. The molecule has 0 atom stereocenters. The van der Waals surface area contributed by atoms with Gasteiger partial charge in [0.25, 0.3) is 0 Å². The van der Waals surface area contributed by atoms with Crippen LogP contribution in [0.5, 0.6) is 0 Å². The van der Waals surface area contributed by atoms with E-state index in [1.54, 1.807) is 0 Å². The average Bonchev–Trinajstić information content (AvgIpc) is 2.54. The van der Waals surface area contributed by atoms with E-state index in [9.17, 15) is 31.1 Å². The van der Waals surface area contributed by atoms with E-state index < -0.39 is 29.2 Å². The van der Waals surface area contributed by atoms with E-state index in [1.807, 2.05) is 0 Å². The molecule has 2 nitrogen and oxygen atoms in total. The second-order valence-corrected chi connectivity index (χ2v) is 6.34. The maximum atomic E-state index is 13.4. The second-order valence-electron chi connectivity index (χ2n) is 6.34. The van der Waals surface area contributed by atoms with Crippen molar-refractivity contribution in [1.29, 1.82) is 0 Å². The lowest BCUT2D eigenvalue weighted by Gasteiger charge is -2.37. The van der Waals surface area contributed by atoms with Crippen LogP contribution in [0.25, 0.3) is 0 Å². The maximum Gasteiger partial charge on any atom is 0.416 e. The van der Waals surface area contributed by atoms with Gasteiger partial charge in [-0.1, -0.05) is 31.4 Å². The molecule has 0 radical (unpaired) electrons. The van der Waals surface area contributed by atoms with Gasteiger partial charge in [0.15, 0.2) is 0 Å². The van der Waals surface area contributed by atoms with E-state index in [0.717, 1.165) is 12.1 Å². The zero-order chi connectivity index (χ0) is 18.7. The van der Waals surface area contributed by atoms with Crippen molar-refractivity contribution in [3.63, 3.8) is 0 Å². The first-order chi connectivity index (χ1) is 11.6. The molecule has 8 heteroatoms. The monoisotopic (exact) mass is 367 g/mol. The van der Waals surface area contributed by atoms with Crippen molar-refractivity contribution in [3.8, 4) is 0 Å². The summed E-state index contributed by atoms with van der Waals surface area (Å²) in [5.74, 6) is -1.04. The molecule has 0 saturated heterocycles. The highest BCUT2D eigenvalue weighted by molar-refractivity contribution is 5.83. The summed E-state index contributed by atoms with van der Waals surface area (Å²) in [5, 5.41) is 2.31. The molecule has 0 unspecified atom stereocenters. The van der Waals surface area contributed by atoms with Gasteiger partial charge in [0, 0.05) is 6.54 Å². The summed E-state index contributed by atoms with van der Waals surface area (Å²) in [4.78, 5) is 12.2. The predicted molar refractivity (Wildman–Crippen MR) is 79.7 cm³/mol. The molecule has 1 saturated carbocycles. The Kier molecular flexibility index (Phi) is 5.68. The van der Waals surface area contributed by atoms with Crippen LogP contribution >= 0.6 is 0 Å². The van der Waals surface area contributed by atoms with Crippen LogP contribution in [0.4, 0.5) is 26.3 Å². The Morgan fingerprint density at radius 3 is 2.00 bits per heavy atom. The summed E-state index contributed by atoms with van der Waals surface area (Å²) in [6.07, 6.45) is -7.93. The Morgan fingerprint density at radius 2 is 1.52 bits per heavy atom. The summed E-state index contributed by atoms with van der Waals surface area (Å²) in [5.41, 5.74) is -2.62. The number of benzene rings is 1. The standard InChI is InChI=1S/C17H19F6NO/c18-16(19,20)13-6-4-12(5-7-13)8-11-24-14(25)15(17(21,22)23)9-2-1-3-10-15/h4-7H,1-3,8-11H2,(H,24,25). The molecule has 0 aliphatic heterocycles. The molecule has 0 heterocycles. The minimum atomic E-state index is -4.61. The van der Waals surface area contributed by atoms with Crippen LogP contribution in [0.15, 0.2) is 24.3 Å². The number of carbonyl (C=O) groups excluding carboxylic acids is 1. The van der Waals surface area contributed by atoms with Crippen molar-refractivity contribution in [2.45, 2.75) is 50.9 Å². The molecule has 1 N–H and O–H groups in total. The molecule has 0 spiro atoms. The SMILES string of the molecule is O=C(NCCc1ccc(C(F)(F)F)cc1)C1(C(F)(F)F)CCCCC1. The van der Waals surface area contributed by atoms with E-state index in [4.69, 9.17) is 0 Å². The fraction of sp³-hybridized carbons (Fsp3) is 0.588. The summed E-state index contributed by atoms with van der Waals surface area (Å²) in [6, 6.07) is 4.34. The third kappa shape index (κ3) is 4.46. The topological polar surface area (TPSA) is 29.1 Å². The van der Waals surface area contributed by atoms with Gasteiger partial charge >= 0.3 is 12.4 Å². The summed E-state index contributed by atoms with van der Waals surface area (Å²) >= 11 is 0. The number of alkyl halides is 6. The number of hydrogen-bond acceptors (Lipinski definition) is 1. The van der Waals surface area contributed by atoms with Gasteiger partial charge in [-0.15, -0.1) is 0 Å². The van der Waals surface area contributed by atoms with E-state index >= 15 is 0 Å². The van der Waals surface area contributed by atoms with Crippen LogP contribution in [0, 0.1) is 5.41 Å². The van der Waals surface area contributed by atoms with Crippen LogP contribution in [0.2, 0.25) is 0 Å². The zero-order valence-corrected chi connectivity index (χ0v) is 13.4. The number of hydrogen-bond donors (Lipinski definition) is 1. The molecule has 1 aromatic carbocycles. The first-order valence-corrected chi connectivity index (χ1v) is 8.07. The largest absolute Gasteiger partial charge is 0.416 e.